The maximum Gasteiger partial charge on any atom is 0.155 e. The average molecular weight is 390 g/mol. The lowest BCUT2D eigenvalue weighted by atomic mass is 9.46. The number of allylic oxidation sites excluding steroid dienone is 1. The molecule has 0 unspecified atom stereocenters. The standard InChI is InChI=1S/C26H31NO2/c1-24-11-8-20(28)16-19(24)5-6-21-22(24)9-12-25(2)23(21)10-14-26(25,29)13-7-18-4-3-15-27-17-18/h3-4,15-17,21-23,29H,5-6,8-12,14H2,1-2H3/t21-,22+,23+,24+,25+,26+/m1/s1. The molecule has 0 aromatic carbocycles. The second-order valence-corrected chi connectivity index (χ2v) is 10.3. The molecule has 3 fully saturated rings. The van der Waals surface area contributed by atoms with Gasteiger partial charge in [-0.05, 0) is 86.3 Å². The highest BCUT2D eigenvalue weighted by Crippen LogP contribution is 2.67. The van der Waals surface area contributed by atoms with Gasteiger partial charge < -0.3 is 5.11 Å². The summed E-state index contributed by atoms with van der Waals surface area (Å²) in [6.07, 6.45) is 13.4. The van der Waals surface area contributed by atoms with Gasteiger partial charge in [0.25, 0.3) is 0 Å². The number of pyridine rings is 1. The first kappa shape index (κ1) is 19.1. The predicted molar refractivity (Wildman–Crippen MR) is 113 cm³/mol. The van der Waals surface area contributed by atoms with Crippen molar-refractivity contribution >= 4 is 5.78 Å². The minimum atomic E-state index is -0.919. The number of hydrogen-bond donors (Lipinski definition) is 1. The Labute approximate surface area is 174 Å². The molecule has 0 radical (unpaired) electrons. The van der Waals surface area contributed by atoms with Gasteiger partial charge in [0.2, 0.25) is 0 Å². The number of aliphatic hydroxyl groups is 1. The van der Waals surface area contributed by atoms with Crippen LogP contribution in [-0.2, 0) is 4.79 Å². The van der Waals surface area contributed by atoms with Crippen molar-refractivity contribution in [2.45, 2.75) is 70.8 Å². The lowest BCUT2D eigenvalue weighted by Crippen LogP contribution is -2.54. The largest absolute Gasteiger partial charge is 0.377 e. The van der Waals surface area contributed by atoms with E-state index in [0.29, 0.717) is 30.0 Å². The van der Waals surface area contributed by atoms with Gasteiger partial charge in [-0.15, -0.1) is 0 Å². The van der Waals surface area contributed by atoms with Crippen LogP contribution < -0.4 is 0 Å². The minimum Gasteiger partial charge on any atom is -0.377 e. The second-order valence-electron chi connectivity index (χ2n) is 10.3. The van der Waals surface area contributed by atoms with E-state index in [1.54, 1.807) is 12.4 Å². The summed E-state index contributed by atoms with van der Waals surface area (Å²) >= 11 is 0. The monoisotopic (exact) mass is 389 g/mol. The highest BCUT2D eigenvalue weighted by atomic mass is 16.3. The van der Waals surface area contributed by atoms with Gasteiger partial charge in [-0.3, -0.25) is 9.78 Å². The zero-order chi connectivity index (χ0) is 20.3. The molecule has 3 saturated carbocycles. The number of carbonyl (C=O) groups excluding carboxylic acids is 1. The molecule has 6 atom stereocenters. The van der Waals surface area contributed by atoms with Crippen LogP contribution in [0.1, 0.15) is 70.8 Å². The maximum absolute atomic E-state index is 12.0. The van der Waals surface area contributed by atoms with Crippen LogP contribution in [0.4, 0.5) is 0 Å². The van der Waals surface area contributed by atoms with Crippen molar-refractivity contribution < 1.29 is 9.90 Å². The number of nitrogens with zero attached hydrogens (tertiary/aromatic N) is 1. The Bertz CT molecular complexity index is 925. The zero-order valence-corrected chi connectivity index (χ0v) is 17.6. The van der Waals surface area contributed by atoms with E-state index in [1.807, 2.05) is 18.2 Å². The molecule has 0 aliphatic heterocycles. The third kappa shape index (κ3) is 2.76. The van der Waals surface area contributed by atoms with Crippen molar-refractivity contribution in [1.29, 1.82) is 0 Å². The van der Waals surface area contributed by atoms with Gasteiger partial charge in [0.05, 0.1) is 0 Å². The normalized spacial score (nSPS) is 43.3. The van der Waals surface area contributed by atoms with Crippen LogP contribution in [0.2, 0.25) is 0 Å². The van der Waals surface area contributed by atoms with Crippen molar-refractivity contribution in [3.8, 4) is 11.8 Å². The summed E-state index contributed by atoms with van der Waals surface area (Å²) in [6.45, 7) is 4.70. The summed E-state index contributed by atoms with van der Waals surface area (Å²) in [5, 5.41) is 11.7. The van der Waals surface area contributed by atoms with E-state index < -0.39 is 5.60 Å². The Morgan fingerprint density at radius 3 is 2.72 bits per heavy atom. The molecule has 1 aromatic heterocycles. The lowest BCUT2D eigenvalue weighted by Gasteiger charge is -2.58. The molecule has 1 N–H and O–H groups in total. The van der Waals surface area contributed by atoms with Gasteiger partial charge in [0, 0.05) is 29.8 Å². The van der Waals surface area contributed by atoms with Crippen LogP contribution in [0.3, 0.4) is 0 Å². The molecule has 152 valence electrons. The van der Waals surface area contributed by atoms with E-state index in [9.17, 15) is 9.90 Å². The van der Waals surface area contributed by atoms with Gasteiger partial charge >= 0.3 is 0 Å². The summed E-state index contributed by atoms with van der Waals surface area (Å²) in [4.78, 5) is 16.1. The van der Waals surface area contributed by atoms with Gasteiger partial charge in [-0.2, -0.15) is 0 Å². The molecule has 4 aliphatic rings. The molecular weight excluding hydrogens is 358 g/mol. The Kier molecular flexibility index (Phi) is 4.30. The Morgan fingerprint density at radius 2 is 1.93 bits per heavy atom. The molecule has 0 spiro atoms. The summed E-state index contributed by atoms with van der Waals surface area (Å²) in [5.74, 6) is 8.61. The smallest absolute Gasteiger partial charge is 0.155 e. The third-order valence-electron chi connectivity index (χ3n) is 9.19. The predicted octanol–water partition coefficient (Wildman–Crippen LogP) is 4.70. The van der Waals surface area contributed by atoms with Gasteiger partial charge in [0.1, 0.15) is 5.60 Å². The van der Waals surface area contributed by atoms with E-state index in [-0.39, 0.29) is 10.8 Å². The van der Waals surface area contributed by atoms with E-state index in [4.69, 9.17) is 0 Å². The van der Waals surface area contributed by atoms with Crippen LogP contribution in [0, 0.1) is 40.4 Å². The first-order chi connectivity index (χ1) is 13.9. The van der Waals surface area contributed by atoms with E-state index >= 15 is 0 Å². The molecular formula is C26H31NO2. The van der Waals surface area contributed by atoms with E-state index in [0.717, 1.165) is 50.5 Å². The van der Waals surface area contributed by atoms with Crippen LogP contribution in [0.25, 0.3) is 0 Å². The van der Waals surface area contributed by atoms with Crippen molar-refractivity contribution in [3.05, 3.63) is 41.7 Å². The fraction of sp³-hybridized carbons (Fsp3) is 0.615. The highest BCUT2D eigenvalue weighted by molar-refractivity contribution is 5.91. The van der Waals surface area contributed by atoms with Crippen LogP contribution in [-0.4, -0.2) is 21.5 Å². The van der Waals surface area contributed by atoms with Gasteiger partial charge in [-0.25, -0.2) is 0 Å². The molecule has 4 aliphatic carbocycles. The summed E-state index contributed by atoms with van der Waals surface area (Å²) in [7, 11) is 0. The number of aromatic nitrogens is 1. The van der Waals surface area contributed by atoms with E-state index in [1.165, 1.54) is 5.57 Å². The number of fused-ring (bicyclic) bond motifs is 5. The molecule has 0 bridgehead atoms. The third-order valence-corrected chi connectivity index (χ3v) is 9.19. The van der Waals surface area contributed by atoms with Crippen LogP contribution in [0.5, 0.6) is 0 Å². The van der Waals surface area contributed by atoms with Crippen molar-refractivity contribution in [3.63, 3.8) is 0 Å². The van der Waals surface area contributed by atoms with Crippen molar-refractivity contribution in [2.24, 2.45) is 28.6 Å². The SMILES string of the molecule is C[C@]12CCC(=O)C=C1CC[C@@H]1[C@@H]2CC[C@@]2(C)[C@H]1CC[C@@]2(O)C#Cc1cccnc1. The molecule has 29 heavy (non-hydrogen) atoms. The van der Waals surface area contributed by atoms with E-state index in [2.05, 4.69) is 30.7 Å². The fourth-order valence-electron chi connectivity index (χ4n) is 7.39. The second kappa shape index (κ2) is 6.54. The van der Waals surface area contributed by atoms with Gasteiger partial charge in [0.15, 0.2) is 5.78 Å². The first-order valence-electron chi connectivity index (χ1n) is 11.3. The van der Waals surface area contributed by atoms with Gasteiger partial charge in [-0.1, -0.05) is 31.3 Å². The number of rotatable bonds is 0. The maximum atomic E-state index is 12.0. The number of ketones is 1. The quantitative estimate of drug-likeness (QED) is 0.655. The van der Waals surface area contributed by atoms with Crippen LogP contribution >= 0.6 is 0 Å². The molecule has 3 heteroatoms. The molecule has 1 aromatic rings. The lowest BCUT2D eigenvalue weighted by molar-refractivity contribution is -0.119. The Morgan fingerprint density at radius 1 is 1.10 bits per heavy atom. The van der Waals surface area contributed by atoms with Crippen molar-refractivity contribution in [1.82, 2.24) is 4.98 Å². The fourth-order valence-corrected chi connectivity index (χ4v) is 7.39. The average Bonchev–Trinajstić information content (AvgIpc) is 2.99. The number of carbonyl (C=O) groups is 1. The molecule has 1 heterocycles. The summed E-state index contributed by atoms with van der Waals surface area (Å²) < 4.78 is 0. The zero-order valence-electron chi connectivity index (χ0n) is 17.6. The van der Waals surface area contributed by atoms with Crippen LogP contribution in [0.15, 0.2) is 36.2 Å². The molecule has 3 nitrogen and oxygen atoms in total. The molecule has 0 amide bonds. The Balaban J connectivity index is 1.45. The minimum absolute atomic E-state index is 0.147. The van der Waals surface area contributed by atoms with Crippen molar-refractivity contribution in [2.75, 3.05) is 0 Å². The highest BCUT2D eigenvalue weighted by Gasteiger charge is 2.63. The first-order valence-corrected chi connectivity index (χ1v) is 11.3. The summed E-state index contributed by atoms with van der Waals surface area (Å²) in [6, 6.07) is 3.84. The molecule has 0 saturated heterocycles. The topological polar surface area (TPSA) is 50.2 Å². The molecule has 5 rings (SSSR count). The Hall–Kier alpha value is -1.92. The summed E-state index contributed by atoms with van der Waals surface area (Å²) in [5.41, 5.74) is 1.39. The number of hydrogen-bond acceptors (Lipinski definition) is 3.